The van der Waals surface area contributed by atoms with Crippen molar-refractivity contribution < 1.29 is 9.53 Å². The highest BCUT2D eigenvalue weighted by atomic mass is 16.5. The fourth-order valence-corrected chi connectivity index (χ4v) is 1.03. The number of nitrogens with two attached hydrogens (primary N) is 3. The van der Waals surface area contributed by atoms with E-state index in [1.165, 1.54) is 6.21 Å². The molecule has 0 spiro atoms. The summed E-state index contributed by atoms with van der Waals surface area (Å²) in [5, 5.41) is 7.10. The number of primary amides is 1. The zero-order chi connectivity index (χ0) is 12.7. The number of nitrogens with zero attached hydrogens (tertiary/aromatic N) is 2. The highest BCUT2D eigenvalue weighted by molar-refractivity contribution is 5.85. The maximum Gasteiger partial charge on any atom is 0.255 e. The van der Waals surface area contributed by atoms with E-state index in [4.69, 9.17) is 21.9 Å². The zero-order valence-corrected chi connectivity index (χ0v) is 9.04. The zero-order valence-electron chi connectivity index (χ0n) is 9.04. The van der Waals surface area contributed by atoms with Crippen molar-refractivity contribution in [3.8, 4) is 5.75 Å². The van der Waals surface area contributed by atoms with Gasteiger partial charge in [-0.2, -0.15) is 5.10 Å². The van der Waals surface area contributed by atoms with E-state index < -0.39 is 5.91 Å². The summed E-state index contributed by atoms with van der Waals surface area (Å²) in [7, 11) is 0. The molecule has 90 valence electrons. The SMILES string of the molecule is NC(=O)COc1ccccc1C=NN=C(N)N. The van der Waals surface area contributed by atoms with Gasteiger partial charge in [-0.25, -0.2) is 0 Å². The number of carbonyl (C=O) groups excluding carboxylic acids is 1. The summed E-state index contributed by atoms with van der Waals surface area (Å²) in [6.45, 7) is -0.201. The number of rotatable bonds is 5. The van der Waals surface area contributed by atoms with Crippen LogP contribution in [0, 0.1) is 0 Å². The number of ether oxygens (including phenoxy) is 1. The molecule has 1 amide bonds. The van der Waals surface area contributed by atoms with Crippen molar-refractivity contribution in [3.05, 3.63) is 29.8 Å². The quantitative estimate of drug-likeness (QED) is 0.349. The fraction of sp³-hybridized carbons (Fsp3) is 0.100. The number of para-hydroxylation sites is 1. The van der Waals surface area contributed by atoms with Crippen LogP contribution in [0.25, 0.3) is 0 Å². The van der Waals surface area contributed by atoms with Gasteiger partial charge < -0.3 is 21.9 Å². The van der Waals surface area contributed by atoms with Crippen molar-refractivity contribution in [3.63, 3.8) is 0 Å². The van der Waals surface area contributed by atoms with Gasteiger partial charge in [0.2, 0.25) is 5.96 Å². The molecule has 0 atom stereocenters. The highest BCUT2D eigenvalue weighted by Crippen LogP contribution is 2.15. The van der Waals surface area contributed by atoms with E-state index in [1.807, 2.05) is 0 Å². The second-order valence-corrected chi connectivity index (χ2v) is 3.06. The number of amides is 1. The van der Waals surface area contributed by atoms with Gasteiger partial charge in [-0.05, 0) is 12.1 Å². The van der Waals surface area contributed by atoms with Gasteiger partial charge >= 0.3 is 0 Å². The maximum atomic E-state index is 10.6. The first-order chi connectivity index (χ1) is 8.09. The Labute approximate surface area is 97.9 Å². The van der Waals surface area contributed by atoms with Crippen LogP contribution in [0.1, 0.15) is 5.56 Å². The second-order valence-electron chi connectivity index (χ2n) is 3.06. The average Bonchev–Trinajstić information content (AvgIpc) is 2.27. The molecule has 0 aromatic heterocycles. The lowest BCUT2D eigenvalue weighted by Gasteiger charge is -2.05. The van der Waals surface area contributed by atoms with E-state index >= 15 is 0 Å². The Morgan fingerprint density at radius 1 is 1.29 bits per heavy atom. The highest BCUT2D eigenvalue weighted by Gasteiger charge is 2.01. The minimum absolute atomic E-state index is 0.142. The first kappa shape index (κ1) is 12.5. The van der Waals surface area contributed by atoms with Crippen LogP contribution in [0.2, 0.25) is 0 Å². The maximum absolute atomic E-state index is 10.6. The lowest BCUT2D eigenvalue weighted by Crippen LogP contribution is -2.21. The van der Waals surface area contributed by atoms with Crippen LogP contribution >= 0.6 is 0 Å². The smallest absolute Gasteiger partial charge is 0.255 e. The third kappa shape index (κ3) is 4.65. The van der Waals surface area contributed by atoms with E-state index in [0.717, 1.165) is 0 Å². The molecule has 6 N–H and O–H groups in total. The summed E-state index contributed by atoms with van der Waals surface area (Å²) in [6, 6.07) is 6.96. The monoisotopic (exact) mass is 235 g/mol. The Hall–Kier alpha value is -2.57. The minimum atomic E-state index is -0.555. The molecule has 0 saturated heterocycles. The predicted octanol–water partition coefficient (Wildman–Crippen LogP) is -0.842. The van der Waals surface area contributed by atoms with Crippen LogP contribution in [-0.4, -0.2) is 24.7 Å². The van der Waals surface area contributed by atoms with Crippen molar-refractivity contribution in [1.82, 2.24) is 0 Å². The molecular formula is C10H13N5O2. The molecule has 1 rings (SSSR count). The molecule has 0 bridgehead atoms. The van der Waals surface area contributed by atoms with Crippen LogP contribution in [0.15, 0.2) is 34.5 Å². The van der Waals surface area contributed by atoms with Crippen LogP contribution in [-0.2, 0) is 4.79 Å². The normalized spacial score (nSPS) is 10.1. The van der Waals surface area contributed by atoms with Gasteiger partial charge in [0.15, 0.2) is 6.61 Å². The van der Waals surface area contributed by atoms with E-state index in [-0.39, 0.29) is 12.6 Å². The number of carbonyl (C=O) groups is 1. The molecule has 0 radical (unpaired) electrons. The standard InChI is InChI=1S/C10H13N5O2/c11-9(16)6-17-8-4-2-1-3-7(8)5-14-15-10(12)13/h1-5H,6H2,(H2,11,16)(H4,12,13,15). The molecule has 7 nitrogen and oxygen atoms in total. The molecule has 0 aliphatic rings. The van der Waals surface area contributed by atoms with Gasteiger partial charge in [0.05, 0.1) is 6.21 Å². The van der Waals surface area contributed by atoms with Gasteiger partial charge in [0.25, 0.3) is 5.91 Å². The average molecular weight is 235 g/mol. The molecule has 0 saturated carbocycles. The lowest BCUT2D eigenvalue weighted by molar-refractivity contribution is -0.119. The van der Waals surface area contributed by atoms with Crippen molar-refractivity contribution in [1.29, 1.82) is 0 Å². The summed E-state index contributed by atoms with van der Waals surface area (Å²) in [5.41, 5.74) is 15.8. The van der Waals surface area contributed by atoms with Gasteiger partial charge in [-0.15, -0.1) is 5.10 Å². The van der Waals surface area contributed by atoms with E-state index in [1.54, 1.807) is 24.3 Å². The topological polar surface area (TPSA) is 129 Å². The van der Waals surface area contributed by atoms with E-state index in [9.17, 15) is 4.79 Å². The third-order valence-electron chi connectivity index (χ3n) is 1.66. The number of hydrogen-bond donors (Lipinski definition) is 3. The summed E-state index contributed by atoms with van der Waals surface area (Å²) in [4.78, 5) is 10.6. The number of guanidine groups is 1. The molecule has 0 heterocycles. The first-order valence-corrected chi connectivity index (χ1v) is 4.71. The van der Waals surface area contributed by atoms with Gasteiger partial charge in [-0.3, -0.25) is 4.79 Å². The van der Waals surface area contributed by atoms with Crippen LogP contribution in [0.5, 0.6) is 5.75 Å². The van der Waals surface area contributed by atoms with Crippen LogP contribution < -0.4 is 21.9 Å². The summed E-state index contributed by atoms with van der Waals surface area (Å²) in [6.07, 6.45) is 1.41. The third-order valence-corrected chi connectivity index (χ3v) is 1.66. The molecule has 0 aliphatic carbocycles. The predicted molar refractivity (Wildman–Crippen MR) is 64.5 cm³/mol. The van der Waals surface area contributed by atoms with Crippen molar-refractivity contribution in [2.24, 2.45) is 27.4 Å². The number of hydrogen-bond acceptors (Lipinski definition) is 4. The van der Waals surface area contributed by atoms with Gasteiger partial charge in [0.1, 0.15) is 5.75 Å². The van der Waals surface area contributed by atoms with Crippen molar-refractivity contribution in [2.45, 2.75) is 0 Å². The molecule has 7 heteroatoms. The van der Waals surface area contributed by atoms with Crippen molar-refractivity contribution in [2.75, 3.05) is 6.61 Å². The number of benzene rings is 1. The Morgan fingerprint density at radius 3 is 2.65 bits per heavy atom. The molecule has 0 aliphatic heterocycles. The van der Waals surface area contributed by atoms with Crippen LogP contribution in [0.4, 0.5) is 0 Å². The Balaban J connectivity index is 2.80. The molecule has 0 unspecified atom stereocenters. The molecular weight excluding hydrogens is 222 g/mol. The van der Waals surface area contributed by atoms with E-state index in [2.05, 4.69) is 10.2 Å². The van der Waals surface area contributed by atoms with Gasteiger partial charge in [-0.1, -0.05) is 12.1 Å². The van der Waals surface area contributed by atoms with Gasteiger partial charge in [0, 0.05) is 5.56 Å². The lowest BCUT2D eigenvalue weighted by atomic mass is 10.2. The summed E-state index contributed by atoms with van der Waals surface area (Å²) < 4.78 is 5.18. The molecule has 1 aromatic carbocycles. The summed E-state index contributed by atoms with van der Waals surface area (Å²) >= 11 is 0. The van der Waals surface area contributed by atoms with E-state index in [0.29, 0.717) is 11.3 Å². The Bertz CT molecular complexity index is 452. The Kier molecular flexibility index (Phi) is 4.49. The second kappa shape index (κ2) is 6.11. The minimum Gasteiger partial charge on any atom is -0.483 e. The first-order valence-electron chi connectivity index (χ1n) is 4.71. The fourth-order valence-electron chi connectivity index (χ4n) is 1.03. The molecule has 1 aromatic rings. The van der Waals surface area contributed by atoms with Crippen molar-refractivity contribution >= 4 is 18.1 Å². The summed E-state index contributed by atoms with van der Waals surface area (Å²) in [5.74, 6) is -0.224. The molecule has 17 heavy (non-hydrogen) atoms. The Morgan fingerprint density at radius 2 is 2.00 bits per heavy atom. The molecule has 0 fully saturated rings. The largest absolute Gasteiger partial charge is 0.483 e. The van der Waals surface area contributed by atoms with Crippen LogP contribution in [0.3, 0.4) is 0 Å².